The highest BCUT2D eigenvalue weighted by atomic mass is 32.2. The predicted molar refractivity (Wildman–Crippen MR) is 120 cm³/mol. The van der Waals surface area contributed by atoms with Gasteiger partial charge >= 0.3 is 5.97 Å². The van der Waals surface area contributed by atoms with Crippen LogP contribution in [0.25, 0.3) is 0 Å². The number of thiazole rings is 1. The van der Waals surface area contributed by atoms with E-state index in [9.17, 15) is 9.59 Å². The number of aryl methyl sites for hydroxylation is 1. The molecular formula is C21H20N2O3S3. The second-order valence-corrected chi connectivity index (χ2v) is 8.96. The third-order valence-corrected chi connectivity index (χ3v) is 6.49. The number of hydrogen-bond acceptors (Lipinski definition) is 7. The molecule has 1 heterocycles. The van der Waals surface area contributed by atoms with Gasteiger partial charge in [0, 0.05) is 26.6 Å². The number of carbonyl (C=O) groups excluding carboxylic acids is 2. The summed E-state index contributed by atoms with van der Waals surface area (Å²) in [4.78, 5) is 30.9. The van der Waals surface area contributed by atoms with Crippen LogP contribution in [0.15, 0.2) is 63.7 Å². The molecule has 0 saturated heterocycles. The van der Waals surface area contributed by atoms with Crippen LogP contribution in [-0.2, 0) is 15.3 Å². The molecule has 0 aliphatic carbocycles. The molecule has 1 amide bonds. The van der Waals surface area contributed by atoms with Crippen molar-refractivity contribution in [1.29, 1.82) is 0 Å². The number of hydrogen-bond donors (Lipinski definition) is 1. The number of esters is 1. The highest BCUT2D eigenvalue weighted by Crippen LogP contribution is 2.27. The Morgan fingerprint density at radius 2 is 2.00 bits per heavy atom. The maximum atomic E-state index is 12.5. The lowest BCUT2D eigenvalue weighted by molar-refractivity contribution is -0.119. The number of anilines is 1. The van der Waals surface area contributed by atoms with Crippen molar-refractivity contribution >= 4 is 52.4 Å². The fourth-order valence-corrected chi connectivity index (χ4v) is 4.60. The first-order valence-electron chi connectivity index (χ1n) is 8.79. The maximum Gasteiger partial charge on any atom is 0.339 e. The van der Waals surface area contributed by atoms with Crippen molar-refractivity contribution in [3.8, 4) is 0 Å². The lowest BCUT2D eigenvalue weighted by Crippen LogP contribution is -2.21. The van der Waals surface area contributed by atoms with Gasteiger partial charge in [0.1, 0.15) is 0 Å². The minimum absolute atomic E-state index is 0.341. The van der Waals surface area contributed by atoms with Crippen molar-refractivity contribution in [3.63, 3.8) is 0 Å². The van der Waals surface area contributed by atoms with Crippen LogP contribution in [0.4, 0.5) is 5.69 Å². The second kappa shape index (κ2) is 10.5. The summed E-state index contributed by atoms with van der Waals surface area (Å²) in [6.07, 6.45) is 1.97. The first-order chi connectivity index (χ1) is 14.0. The van der Waals surface area contributed by atoms with E-state index in [-0.39, 0.29) is 12.5 Å². The number of rotatable bonds is 8. The third kappa shape index (κ3) is 6.35. The van der Waals surface area contributed by atoms with E-state index in [1.165, 1.54) is 11.8 Å². The smallest absolute Gasteiger partial charge is 0.339 e. The Kier molecular flexibility index (Phi) is 7.74. The summed E-state index contributed by atoms with van der Waals surface area (Å²) >= 11 is 4.71. The highest BCUT2D eigenvalue weighted by Gasteiger charge is 2.15. The van der Waals surface area contributed by atoms with Crippen molar-refractivity contribution in [3.05, 3.63) is 70.2 Å². The van der Waals surface area contributed by atoms with Crippen LogP contribution in [0.1, 0.15) is 21.1 Å². The molecule has 1 N–H and O–H groups in total. The summed E-state index contributed by atoms with van der Waals surface area (Å²) in [6, 6.07) is 14.7. The van der Waals surface area contributed by atoms with Crippen LogP contribution in [0.3, 0.4) is 0 Å². The molecule has 5 nitrogen and oxygen atoms in total. The minimum atomic E-state index is -0.518. The topological polar surface area (TPSA) is 68.3 Å². The quantitative estimate of drug-likeness (QED) is 0.377. The van der Waals surface area contributed by atoms with Crippen molar-refractivity contribution in [1.82, 2.24) is 4.98 Å². The summed E-state index contributed by atoms with van der Waals surface area (Å²) < 4.78 is 5.23. The van der Waals surface area contributed by atoms with Gasteiger partial charge in [-0.15, -0.1) is 34.9 Å². The Morgan fingerprint density at radius 1 is 1.17 bits per heavy atom. The van der Waals surface area contributed by atoms with Gasteiger partial charge in [0.15, 0.2) is 6.61 Å². The fraction of sp³-hybridized carbons (Fsp3) is 0.190. The molecule has 0 aliphatic rings. The zero-order valence-corrected chi connectivity index (χ0v) is 18.5. The summed E-state index contributed by atoms with van der Waals surface area (Å²) in [5, 5.41) is 5.77. The SMILES string of the molecule is CSc1cccc(NC(=O)COC(=O)c2ccccc2SCc2csc(C)n2)c1. The van der Waals surface area contributed by atoms with E-state index >= 15 is 0 Å². The average molecular weight is 445 g/mol. The molecule has 1 aromatic heterocycles. The van der Waals surface area contributed by atoms with Gasteiger partial charge in [-0.25, -0.2) is 9.78 Å². The van der Waals surface area contributed by atoms with Crippen molar-refractivity contribution in [2.24, 2.45) is 0 Å². The minimum Gasteiger partial charge on any atom is -0.452 e. The summed E-state index contributed by atoms with van der Waals surface area (Å²) in [5.74, 6) is -0.226. The summed E-state index contributed by atoms with van der Waals surface area (Å²) in [5.41, 5.74) is 2.10. The van der Waals surface area contributed by atoms with Crippen LogP contribution < -0.4 is 5.32 Å². The lowest BCUT2D eigenvalue weighted by Gasteiger charge is -2.10. The molecule has 0 bridgehead atoms. The van der Waals surface area contributed by atoms with E-state index in [1.54, 1.807) is 41.3 Å². The first kappa shape index (κ1) is 21.4. The van der Waals surface area contributed by atoms with Gasteiger partial charge in [-0.2, -0.15) is 0 Å². The molecule has 8 heteroatoms. The van der Waals surface area contributed by atoms with Gasteiger partial charge in [0.2, 0.25) is 0 Å². The fourth-order valence-electron chi connectivity index (χ4n) is 2.49. The molecule has 3 rings (SSSR count). The van der Waals surface area contributed by atoms with Crippen LogP contribution in [-0.4, -0.2) is 29.7 Å². The second-order valence-electron chi connectivity index (χ2n) is 6.00. The Balaban J connectivity index is 1.56. The molecule has 0 fully saturated rings. The zero-order valence-electron chi connectivity index (χ0n) is 16.0. The van der Waals surface area contributed by atoms with Crippen molar-refractivity contribution in [2.45, 2.75) is 22.5 Å². The normalized spacial score (nSPS) is 10.6. The molecule has 0 atom stereocenters. The molecule has 3 aromatic rings. The van der Waals surface area contributed by atoms with Gasteiger partial charge in [0.25, 0.3) is 5.91 Å². The number of amides is 1. The number of ether oxygens (including phenoxy) is 1. The van der Waals surface area contributed by atoms with Gasteiger partial charge in [-0.1, -0.05) is 18.2 Å². The number of thioether (sulfide) groups is 2. The van der Waals surface area contributed by atoms with E-state index in [2.05, 4.69) is 10.3 Å². The first-order valence-corrected chi connectivity index (χ1v) is 11.9. The molecule has 0 unspecified atom stereocenters. The number of carbonyl (C=O) groups is 2. The summed E-state index contributed by atoms with van der Waals surface area (Å²) in [6.45, 7) is 1.62. The predicted octanol–water partition coefficient (Wildman–Crippen LogP) is 5.26. The van der Waals surface area contributed by atoms with E-state index < -0.39 is 5.97 Å². The Hall–Kier alpha value is -2.29. The van der Waals surface area contributed by atoms with E-state index in [1.807, 2.05) is 48.9 Å². The van der Waals surface area contributed by atoms with Gasteiger partial charge in [0.05, 0.1) is 16.3 Å². The van der Waals surface area contributed by atoms with Gasteiger partial charge in [-0.05, 0) is 43.5 Å². The Labute approximate surface area is 182 Å². The van der Waals surface area contributed by atoms with E-state index in [0.717, 1.165) is 20.5 Å². The summed E-state index contributed by atoms with van der Waals surface area (Å²) in [7, 11) is 0. The molecule has 0 radical (unpaired) electrons. The van der Waals surface area contributed by atoms with Crippen LogP contribution in [0, 0.1) is 6.92 Å². The van der Waals surface area contributed by atoms with Gasteiger partial charge < -0.3 is 10.1 Å². The monoisotopic (exact) mass is 444 g/mol. The molecule has 0 saturated carbocycles. The number of nitrogens with one attached hydrogen (secondary N) is 1. The highest BCUT2D eigenvalue weighted by molar-refractivity contribution is 7.98. The lowest BCUT2D eigenvalue weighted by atomic mass is 10.2. The van der Waals surface area contributed by atoms with Crippen molar-refractivity contribution < 1.29 is 14.3 Å². The maximum absolute atomic E-state index is 12.5. The average Bonchev–Trinajstić information content (AvgIpc) is 3.16. The zero-order chi connectivity index (χ0) is 20.6. The van der Waals surface area contributed by atoms with Crippen LogP contribution in [0.2, 0.25) is 0 Å². The third-order valence-electron chi connectivity index (χ3n) is 3.84. The number of benzene rings is 2. The molecule has 29 heavy (non-hydrogen) atoms. The van der Waals surface area contributed by atoms with Crippen molar-refractivity contribution in [2.75, 3.05) is 18.2 Å². The van der Waals surface area contributed by atoms with Crippen LogP contribution in [0.5, 0.6) is 0 Å². The molecule has 2 aromatic carbocycles. The molecule has 0 aliphatic heterocycles. The van der Waals surface area contributed by atoms with E-state index in [4.69, 9.17) is 4.74 Å². The Morgan fingerprint density at radius 3 is 2.76 bits per heavy atom. The molecule has 150 valence electrons. The standard InChI is InChI=1S/C21H20N2O3S3/c1-14-22-16(12-28-14)13-29-19-9-4-3-8-18(19)21(25)26-11-20(24)23-15-6-5-7-17(10-15)27-2/h3-10,12H,11,13H2,1-2H3,(H,23,24). The van der Waals surface area contributed by atoms with Crippen LogP contribution >= 0.6 is 34.9 Å². The largest absolute Gasteiger partial charge is 0.452 e. The number of nitrogens with zero attached hydrogens (tertiary/aromatic N) is 1. The molecular weight excluding hydrogens is 424 g/mol. The van der Waals surface area contributed by atoms with E-state index in [0.29, 0.717) is 17.0 Å². The van der Waals surface area contributed by atoms with Gasteiger partial charge in [-0.3, -0.25) is 4.79 Å². The number of aromatic nitrogens is 1. The molecule has 0 spiro atoms. The Bertz CT molecular complexity index is 1000.